The predicted octanol–water partition coefficient (Wildman–Crippen LogP) is 4.08. The molecule has 0 spiro atoms. The van der Waals surface area contributed by atoms with E-state index in [4.69, 9.17) is 26.9 Å². The van der Waals surface area contributed by atoms with Gasteiger partial charge < -0.3 is 20.6 Å². The Labute approximate surface area is 211 Å². The van der Waals surface area contributed by atoms with Crippen LogP contribution < -0.4 is 5.32 Å². The van der Waals surface area contributed by atoms with Crippen LogP contribution in [0.15, 0.2) is 48.8 Å². The van der Waals surface area contributed by atoms with Crippen LogP contribution in [-0.2, 0) is 16.1 Å². The Kier molecular flexibility index (Phi) is 9.12. The summed E-state index contributed by atoms with van der Waals surface area (Å²) in [5.74, 6) is -2.56. The molecule has 0 aliphatic carbocycles. The van der Waals surface area contributed by atoms with Gasteiger partial charge in [0.1, 0.15) is 17.0 Å². The van der Waals surface area contributed by atoms with Crippen LogP contribution >= 0.6 is 22.9 Å². The highest BCUT2D eigenvalue weighted by molar-refractivity contribution is 7.22. The first-order chi connectivity index (χ1) is 16.7. The van der Waals surface area contributed by atoms with Crippen molar-refractivity contribution >= 4 is 56.9 Å². The number of hydrogen-bond donors (Lipinski definition) is 4. The number of aromatic carboxylic acids is 1. The highest BCUT2D eigenvalue weighted by atomic mass is 35.5. The van der Waals surface area contributed by atoms with Crippen molar-refractivity contribution in [2.45, 2.75) is 25.4 Å². The number of thiophene rings is 1. The van der Waals surface area contributed by atoms with Gasteiger partial charge in [0.2, 0.25) is 0 Å². The number of aliphatic carboxylic acids is 2. The first-order valence-electron chi connectivity index (χ1n) is 10.6. The van der Waals surface area contributed by atoms with E-state index in [-0.39, 0.29) is 1.43 Å². The fourth-order valence-electron chi connectivity index (χ4n) is 3.57. The Bertz CT molecular complexity index is 1230. The fourth-order valence-corrected chi connectivity index (χ4v) is 4.63. The maximum absolute atomic E-state index is 11.1. The van der Waals surface area contributed by atoms with E-state index in [2.05, 4.69) is 20.2 Å². The van der Waals surface area contributed by atoms with Crippen molar-refractivity contribution in [3.8, 4) is 0 Å². The lowest BCUT2D eigenvalue weighted by Gasteiger charge is -2.32. The first-order valence-corrected chi connectivity index (χ1v) is 11.8. The molecule has 1 fully saturated rings. The average Bonchev–Trinajstić information content (AvgIpc) is 3.21. The lowest BCUT2D eigenvalue weighted by atomic mass is 10.0. The Balaban J connectivity index is 0.000000442. The second-order valence-electron chi connectivity index (χ2n) is 7.70. The number of nitrogens with zero attached hydrogens (tertiary/aromatic N) is 3. The van der Waals surface area contributed by atoms with Gasteiger partial charge in [0, 0.05) is 39.3 Å². The minimum atomic E-state index is -1.26. The van der Waals surface area contributed by atoms with Crippen molar-refractivity contribution < 1.29 is 31.1 Å². The number of carbonyl (C=O) groups is 3. The van der Waals surface area contributed by atoms with Crippen molar-refractivity contribution in [1.29, 1.82) is 0 Å². The Morgan fingerprint density at radius 2 is 1.80 bits per heavy atom. The van der Waals surface area contributed by atoms with Crippen LogP contribution in [0.3, 0.4) is 0 Å². The summed E-state index contributed by atoms with van der Waals surface area (Å²) in [6.45, 7) is 2.67. The quantitative estimate of drug-likeness (QED) is 0.335. The van der Waals surface area contributed by atoms with E-state index in [0.29, 0.717) is 28.1 Å². The van der Waals surface area contributed by atoms with E-state index in [1.165, 1.54) is 11.3 Å². The Morgan fingerprint density at radius 1 is 1.11 bits per heavy atom. The van der Waals surface area contributed by atoms with E-state index >= 15 is 0 Å². The number of fused-ring (bicyclic) bond motifs is 1. The number of halogens is 1. The van der Waals surface area contributed by atoms with Crippen molar-refractivity contribution in [3.05, 3.63) is 64.3 Å². The zero-order valence-corrected chi connectivity index (χ0v) is 20.0. The number of piperidine rings is 1. The summed E-state index contributed by atoms with van der Waals surface area (Å²) in [4.78, 5) is 42.1. The summed E-state index contributed by atoms with van der Waals surface area (Å²) in [6, 6.07) is 9.43. The highest BCUT2D eigenvalue weighted by Gasteiger charge is 2.21. The molecule has 1 saturated heterocycles. The molecule has 3 aromatic rings. The summed E-state index contributed by atoms with van der Waals surface area (Å²) >= 11 is 7.56. The molecule has 0 unspecified atom stereocenters. The molecule has 4 rings (SSSR count). The molecule has 0 radical (unpaired) electrons. The third-order valence-electron chi connectivity index (χ3n) is 5.18. The number of hydrogen-bond acceptors (Lipinski definition) is 8. The zero-order valence-electron chi connectivity index (χ0n) is 18.4. The molecule has 2 aromatic heterocycles. The molecular formula is C23H25ClN4O6S. The number of aromatic nitrogens is 2. The summed E-state index contributed by atoms with van der Waals surface area (Å²) in [6.07, 6.45) is 4.69. The van der Waals surface area contributed by atoms with Crippen molar-refractivity contribution in [2.75, 3.05) is 18.4 Å². The van der Waals surface area contributed by atoms with Crippen LogP contribution in [0.4, 0.5) is 5.82 Å². The van der Waals surface area contributed by atoms with Gasteiger partial charge in [-0.25, -0.2) is 24.4 Å². The highest BCUT2D eigenvalue weighted by Crippen LogP contribution is 2.32. The van der Waals surface area contributed by atoms with Gasteiger partial charge in [-0.15, -0.1) is 11.3 Å². The summed E-state index contributed by atoms with van der Waals surface area (Å²) in [7, 11) is 0. The number of anilines is 1. The number of benzene rings is 1. The van der Waals surface area contributed by atoms with E-state index in [1.807, 2.05) is 12.1 Å². The van der Waals surface area contributed by atoms with E-state index in [1.54, 1.807) is 24.5 Å². The van der Waals surface area contributed by atoms with Gasteiger partial charge in [0.15, 0.2) is 0 Å². The zero-order chi connectivity index (χ0) is 25.4. The average molecular weight is 521 g/mol. The fraction of sp³-hybridized carbons (Fsp3) is 0.261. The Hall–Kier alpha value is -3.54. The number of carboxylic acids is 3. The van der Waals surface area contributed by atoms with E-state index < -0.39 is 17.9 Å². The van der Waals surface area contributed by atoms with Gasteiger partial charge in [-0.2, -0.15) is 0 Å². The van der Waals surface area contributed by atoms with Gasteiger partial charge in [-0.3, -0.25) is 4.90 Å². The summed E-state index contributed by atoms with van der Waals surface area (Å²) in [5.41, 5.74) is 1.37. The van der Waals surface area contributed by atoms with Gasteiger partial charge in [-0.1, -0.05) is 23.7 Å². The number of nitrogens with one attached hydrogen (secondary N) is 1. The third-order valence-corrected chi connectivity index (χ3v) is 6.35. The molecule has 0 amide bonds. The molecule has 10 nitrogen and oxygen atoms in total. The predicted molar refractivity (Wildman–Crippen MR) is 134 cm³/mol. The van der Waals surface area contributed by atoms with Crippen LogP contribution in [0.1, 0.15) is 30.2 Å². The van der Waals surface area contributed by atoms with Crippen LogP contribution in [-0.4, -0.2) is 67.2 Å². The maximum atomic E-state index is 11.1. The van der Waals surface area contributed by atoms with Crippen LogP contribution in [0.25, 0.3) is 10.2 Å². The molecule has 186 valence electrons. The molecule has 3 heterocycles. The lowest BCUT2D eigenvalue weighted by molar-refractivity contribution is -0.134. The summed E-state index contributed by atoms with van der Waals surface area (Å²) < 4.78 is 0.715. The van der Waals surface area contributed by atoms with Crippen molar-refractivity contribution in [3.63, 3.8) is 0 Å². The molecule has 0 atom stereocenters. The largest absolute Gasteiger partial charge is 0.478 e. The normalized spacial score (nSPS) is 14.4. The third kappa shape index (κ3) is 8.02. The molecule has 1 aliphatic rings. The van der Waals surface area contributed by atoms with E-state index in [9.17, 15) is 14.4 Å². The standard InChI is InChI=1S/C19H19ClN4O2S.C4H4O4.H2/c20-16-9-15-17(21-11-22-18(15)27-16)23-14-4-6-24(7-5-14)10-12-2-1-3-13(8-12)19(25)26;5-3(6)1-2-4(7)8;/h1-3,8-9,11,14H,4-7,10H2,(H,25,26)(H,21,22,23);1-2H,(H,5,6)(H,7,8);1H/b;2-1-;. The molecular weight excluding hydrogens is 496 g/mol. The SMILES string of the molecule is O=C(O)/C=C\C(=O)O.O=C(O)c1cccc(CN2CCC(Nc3ncnc4sc(Cl)cc34)CC2)c1.[HH]. The molecule has 12 heteroatoms. The monoisotopic (exact) mass is 520 g/mol. The smallest absolute Gasteiger partial charge is 0.335 e. The van der Waals surface area contributed by atoms with Gasteiger partial charge in [-0.05, 0) is 36.6 Å². The van der Waals surface area contributed by atoms with Gasteiger partial charge in [0.05, 0.1) is 15.3 Å². The molecule has 0 bridgehead atoms. The van der Waals surface area contributed by atoms with Gasteiger partial charge >= 0.3 is 17.9 Å². The lowest BCUT2D eigenvalue weighted by Crippen LogP contribution is -2.38. The van der Waals surface area contributed by atoms with Crippen molar-refractivity contribution in [1.82, 2.24) is 14.9 Å². The second-order valence-corrected chi connectivity index (χ2v) is 9.36. The van der Waals surface area contributed by atoms with Crippen LogP contribution in [0.5, 0.6) is 0 Å². The second kappa shape index (κ2) is 12.2. The molecule has 35 heavy (non-hydrogen) atoms. The molecule has 0 saturated carbocycles. The number of rotatable bonds is 7. The number of likely N-dealkylation sites (tertiary alicyclic amines) is 1. The van der Waals surface area contributed by atoms with Gasteiger partial charge in [0.25, 0.3) is 0 Å². The Morgan fingerprint density at radius 3 is 2.43 bits per heavy atom. The molecule has 1 aromatic carbocycles. The topological polar surface area (TPSA) is 153 Å². The maximum Gasteiger partial charge on any atom is 0.335 e. The molecule has 1 aliphatic heterocycles. The van der Waals surface area contributed by atoms with E-state index in [0.717, 1.165) is 54.1 Å². The van der Waals surface area contributed by atoms with Crippen LogP contribution in [0.2, 0.25) is 4.34 Å². The van der Waals surface area contributed by atoms with Crippen molar-refractivity contribution in [2.24, 2.45) is 0 Å². The minimum Gasteiger partial charge on any atom is -0.478 e. The molecule has 4 N–H and O–H groups in total. The number of carboxylic acid groups (broad SMARTS) is 3. The first kappa shape index (κ1) is 26.1. The van der Waals surface area contributed by atoms with Crippen LogP contribution in [0, 0.1) is 0 Å². The minimum absolute atomic E-state index is 0. The summed E-state index contributed by atoms with van der Waals surface area (Å²) in [5, 5.41) is 29.3.